The first-order chi connectivity index (χ1) is 20.9. The lowest BCUT2D eigenvalue weighted by Gasteiger charge is -2.32. The lowest BCUT2D eigenvalue weighted by atomic mass is 9.94. The maximum atomic E-state index is 16.3. The number of aromatic nitrogens is 6. The van der Waals surface area contributed by atoms with Crippen molar-refractivity contribution in [2.24, 2.45) is 0 Å². The normalized spacial score (nSPS) is 19.4. The zero-order valence-electron chi connectivity index (χ0n) is 24.3. The minimum absolute atomic E-state index is 0.258. The van der Waals surface area contributed by atoms with Crippen LogP contribution in [0.5, 0.6) is 5.75 Å². The lowest BCUT2D eigenvalue weighted by molar-refractivity contribution is 0.0673. The van der Waals surface area contributed by atoms with Crippen molar-refractivity contribution >= 4 is 38.3 Å². The molecule has 222 valence electrons. The van der Waals surface area contributed by atoms with Crippen molar-refractivity contribution in [3.63, 3.8) is 0 Å². The molecule has 0 aromatic carbocycles. The van der Waals surface area contributed by atoms with Gasteiger partial charge in [-0.2, -0.15) is 5.10 Å². The molecule has 0 spiro atoms. The molecule has 43 heavy (non-hydrogen) atoms. The number of fused-ring (bicyclic) bond motifs is 2. The first kappa shape index (κ1) is 26.9. The number of rotatable bonds is 6. The summed E-state index contributed by atoms with van der Waals surface area (Å²) in [5.41, 5.74) is 2.67. The first-order valence-corrected chi connectivity index (χ1v) is 15.8. The molecule has 0 radical (unpaired) electrons. The van der Waals surface area contributed by atoms with E-state index in [0.717, 1.165) is 62.5 Å². The zero-order chi connectivity index (χ0) is 29.1. The van der Waals surface area contributed by atoms with Gasteiger partial charge in [0, 0.05) is 68.6 Å². The molecule has 0 amide bonds. The van der Waals surface area contributed by atoms with E-state index in [0.29, 0.717) is 63.1 Å². The van der Waals surface area contributed by atoms with E-state index in [1.807, 2.05) is 49.2 Å². The van der Waals surface area contributed by atoms with Crippen LogP contribution in [0.4, 0.5) is 10.2 Å². The molecule has 5 aromatic rings. The average Bonchev–Trinajstić information content (AvgIpc) is 3.55. The van der Waals surface area contributed by atoms with E-state index in [-0.39, 0.29) is 6.10 Å². The third kappa shape index (κ3) is 4.91. The van der Waals surface area contributed by atoms with Crippen LogP contribution in [0.15, 0.2) is 36.8 Å². The smallest absolute Gasteiger partial charge is 0.164 e. The summed E-state index contributed by atoms with van der Waals surface area (Å²) in [5, 5.41) is 6.26. The van der Waals surface area contributed by atoms with Crippen molar-refractivity contribution in [3.8, 4) is 22.8 Å². The van der Waals surface area contributed by atoms with Gasteiger partial charge in [0.25, 0.3) is 0 Å². The number of pyridine rings is 3. The molecule has 0 unspecified atom stereocenters. The topological polar surface area (TPSA) is 94.3 Å². The van der Waals surface area contributed by atoms with Gasteiger partial charge < -0.3 is 19.3 Å². The lowest BCUT2D eigenvalue weighted by Crippen LogP contribution is -2.38. The molecule has 0 bridgehead atoms. The van der Waals surface area contributed by atoms with E-state index < -0.39 is 5.67 Å². The van der Waals surface area contributed by atoms with Crippen molar-refractivity contribution in [2.45, 2.75) is 44.4 Å². The number of likely N-dealkylation sites (tertiary alicyclic amines) is 1. The predicted octanol–water partition coefficient (Wildman–Crippen LogP) is 5.06. The number of piperidine rings is 1. The van der Waals surface area contributed by atoms with Gasteiger partial charge in [0.1, 0.15) is 16.3 Å². The minimum Gasteiger partial charge on any atom is -0.490 e. The number of hydrogen-bond donors (Lipinski definition) is 0. The molecule has 12 heteroatoms. The zero-order valence-corrected chi connectivity index (χ0v) is 25.1. The van der Waals surface area contributed by atoms with Crippen LogP contribution < -0.4 is 9.64 Å². The molecule has 2 saturated heterocycles. The first-order valence-electron chi connectivity index (χ1n) is 14.9. The Morgan fingerprint density at radius 1 is 1.05 bits per heavy atom. The van der Waals surface area contributed by atoms with Gasteiger partial charge >= 0.3 is 0 Å². The highest BCUT2D eigenvalue weighted by Crippen LogP contribution is 2.43. The number of hydrogen-bond acceptors (Lipinski definition) is 10. The second-order valence-corrected chi connectivity index (χ2v) is 12.8. The van der Waals surface area contributed by atoms with Crippen molar-refractivity contribution in [2.75, 3.05) is 51.3 Å². The van der Waals surface area contributed by atoms with Crippen LogP contribution in [0.1, 0.15) is 36.4 Å². The molecule has 10 nitrogen and oxygen atoms in total. The molecule has 8 rings (SSSR count). The van der Waals surface area contributed by atoms with E-state index >= 15 is 4.39 Å². The summed E-state index contributed by atoms with van der Waals surface area (Å²) in [6.45, 7) is 6.03. The van der Waals surface area contributed by atoms with Gasteiger partial charge in [-0.3, -0.25) is 9.97 Å². The SMILES string of the molecule is Cc1nc(-c2cnccc2OC2CC2)cc2c1cnn2-c1cc2sc(C3(F)CCN(C)CC3)nc2c(N2CCOCC2)n1. The van der Waals surface area contributed by atoms with Crippen LogP contribution in [-0.4, -0.2) is 87.2 Å². The Morgan fingerprint density at radius 3 is 2.65 bits per heavy atom. The van der Waals surface area contributed by atoms with Gasteiger partial charge in [-0.25, -0.2) is 19.0 Å². The Morgan fingerprint density at radius 2 is 1.86 bits per heavy atom. The summed E-state index contributed by atoms with van der Waals surface area (Å²) in [4.78, 5) is 23.7. The number of aryl methyl sites for hydroxylation is 1. The number of ether oxygens (including phenoxy) is 2. The van der Waals surface area contributed by atoms with E-state index in [4.69, 9.17) is 29.5 Å². The highest BCUT2D eigenvalue weighted by atomic mass is 32.1. The molecule has 3 fully saturated rings. The van der Waals surface area contributed by atoms with Crippen molar-refractivity contribution < 1.29 is 13.9 Å². The number of nitrogens with zero attached hydrogens (tertiary/aromatic N) is 8. The van der Waals surface area contributed by atoms with E-state index in [1.165, 1.54) is 11.3 Å². The largest absolute Gasteiger partial charge is 0.490 e. The van der Waals surface area contributed by atoms with E-state index in [9.17, 15) is 0 Å². The van der Waals surface area contributed by atoms with Crippen LogP contribution in [0, 0.1) is 6.92 Å². The summed E-state index contributed by atoms with van der Waals surface area (Å²) >= 11 is 1.43. The minimum atomic E-state index is -1.43. The van der Waals surface area contributed by atoms with Crippen LogP contribution in [0.25, 0.3) is 38.2 Å². The van der Waals surface area contributed by atoms with Crippen LogP contribution in [0.2, 0.25) is 0 Å². The summed E-state index contributed by atoms with van der Waals surface area (Å²) in [6, 6.07) is 5.92. The quantitative estimate of drug-likeness (QED) is 0.265. The van der Waals surface area contributed by atoms with Crippen LogP contribution in [0.3, 0.4) is 0 Å². The summed E-state index contributed by atoms with van der Waals surface area (Å²) < 4.78 is 30.8. The molecule has 2 aliphatic heterocycles. The number of alkyl halides is 1. The fourth-order valence-corrected chi connectivity index (χ4v) is 7.05. The Kier molecular flexibility index (Phi) is 6.53. The number of halogens is 1. The summed E-state index contributed by atoms with van der Waals surface area (Å²) in [7, 11) is 2.04. The molecule has 5 aromatic heterocycles. The molecule has 1 saturated carbocycles. The number of morpholine rings is 1. The molecular weight excluding hydrogens is 567 g/mol. The van der Waals surface area contributed by atoms with Gasteiger partial charge in [0.05, 0.1) is 47.0 Å². The molecule has 1 aliphatic carbocycles. The molecule has 0 N–H and O–H groups in total. The van der Waals surface area contributed by atoms with Crippen molar-refractivity contribution in [1.82, 2.24) is 34.6 Å². The average molecular weight is 601 g/mol. The Balaban J connectivity index is 1.26. The van der Waals surface area contributed by atoms with Gasteiger partial charge in [0.2, 0.25) is 0 Å². The third-order valence-corrected chi connectivity index (χ3v) is 9.85. The molecule has 7 heterocycles. The highest BCUT2D eigenvalue weighted by Gasteiger charge is 2.39. The second-order valence-electron chi connectivity index (χ2n) is 11.8. The van der Waals surface area contributed by atoms with Crippen molar-refractivity contribution in [1.29, 1.82) is 0 Å². The van der Waals surface area contributed by atoms with Crippen molar-refractivity contribution in [3.05, 3.63) is 47.5 Å². The van der Waals surface area contributed by atoms with Gasteiger partial charge in [-0.1, -0.05) is 0 Å². The Labute approximate surface area is 252 Å². The van der Waals surface area contributed by atoms with Crippen LogP contribution in [-0.2, 0) is 10.4 Å². The van der Waals surface area contributed by atoms with E-state index in [1.54, 1.807) is 6.20 Å². The third-order valence-electron chi connectivity index (χ3n) is 8.67. The summed E-state index contributed by atoms with van der Waals surface area (Å²) in [5.74, 6) is 2.19. The number of thiazole rings is 1. The standard InChI is InChI=1S/C31H33FN8O2S/c1-19-21-18-34-40(24(21)15-23(35-19)22-17-33-8-5-25(22)42-20-3-4-20)27-16-26-28(29(36-27)39-11-13-41-14-12-39)37-30(43-26)31(32)6-9-38(2)10-7-31/h5,8,15-18,20H,3-4,6-7,9-14H2,1-2H3. The maximum Gasteiger partial charge on any atom is 0.164 e. The number of anilines is 1. The second kappa shape index (κ2) is 10.5. The summed E-state index contributed by atoms with van der Waals surface area (Å²) in [6.07, 6.45) is 8.67. The van der Waals surface area contributed by atoms with E-state index in [2.05, 4.69) is 14.8 Å². The van der Waals surface area contributed by atoms with Crippen LogP contribution >= 0.6 is 11.3 Å². The Bertz CT molecular complexity index is 1820. The van der Waals surface area contributed by atoms with Gasteiger partial charge in [-0.05, 0) is 38.9 Å². The monoisotopic (exact) mass is 600 g/mol. The molecule has 0 atom stereocenters. The Hall–Kier alpha value is -3.74. The highest BCUT2D eigenvalue weighted by molar-refractivity contribution is 7.18. The van der Waals surface area contributed by atoms with Gasteiger partial charge in [-0.15, -0.1) is 11.3 Å². The fraction of sp³-hybridized carbons (Fsp3) is 0.452. The maximum absolute atomic E-state index is 16.3. The predicted molar refractivity (Wildman–Crippen MR) is 164 cm³/mol. The van der Waals surface area contributed by atoms with Gasteiger partial charge in [0.15, 0.2) is 17.3 Å². The fourth-order valence-electron chi connectivity index (χ4n) is 5.92. The molecular formula is C31H33FN8O2S. The molecule has 3 aliphatic rings.